The first-order valence-corrected chi connectivity index (χ1v) is 19.4. The molecule has 0 saturated carbocycles. The molecular weight excluding hydrogens is 741 g/mol. The fourth-order valence-corrected chi connectivity index (χ4v) is 8.11. The summed E-state index contributed by atoms with van der Waals surface area (Å²) in [5.74, 6) is -3.13. The highest BCUT2D eigenvalue weighted by Crippen LogP contribution is 2.53. The van der Waals surface area contributed by atoms with Crippen LogP contribution in [0.1, 0.15) is 98.7 Å². The number of aromatic nitrogens is 4. The van der Waals surface area contributed by atoms with E-state index >= 15 is 0 Å². The van der Waals surface area contributed by atoms with E-state index in [0.717, 1.165) is 56.4 Å². The van der Waals surface area contributed by atoms with Gasteiger partial charge in [0.25, 0.3) is 0 Å². The van der Waals surface area contributed by atoms with Crippen molar-refractivity contribution in [3.63, 3.8) is 0 Å². The standard InChI is InChI=1S/C45H50N4O9/c1-9-18-57-40(51)15-12-28-25(4)32-20-35-27(10-2)24(3)33(46-35)21-38-31-14-11-30(43(53)55-7)42(44(54)56-8)45(31,6)39(49-38)23-34-26(5)29(13-16-41(52)58-19-17-50)37(48-34)22-36(28)47-32/h10-11,14,20-23,42,47,49-50H,2,9,12-13,15-19H2,1,3-8H3. The number of nitrogens with one attached hydrogen (secondary N) is 2. The van der Waals surface area contributed by atoms with E-state index in [2.05, 4.69) is 16.5 Å². The molecule has 0 spiro atoms. The third-order valence-electron chi connectivity index (χ3n) is 11.3. The number of ether oxygens (including phenoxy) is 4. The normalized spacial score (nSPS) is 17.8. The number of hydrogen-bond acceptors (Lipinski definition) is 11. The van der Waals surface area contributed by atoms with Crippen LogP contribution >= 0.6 is 0 Å². The van der Waals surface area contributed by atoms with Gasteiger partial charge in [-0.05, 0) is 105 Å². The van der Waals surface area contributed by atoms with Gasteiger partial charge in [0.2, 0.25) is 0 Å². The molecule has 13 nitrogen and oxygen atoms in total. The number of fused-ring (bicyclic) bond motifs is 11. The number of rotatable bonds is 13. The number of aromatic amines is 2. The van der Waals surface area contributed by atoms with Crippen LogP contribution in [0.4, 0.5) is 0 Å². The van der Waals surface area contributed by atoms with Crippen molar-refractivity contribution in [2.75, 3.05) is 34.0 Å². The molecule has 2 unspecified atom stereocenters. The number of H-pyrrole nitrogens is 2. The summed E-state index contributed by atoms with van der Waals surface area (Å²) in [6.07, 6.45) is 6.78. The van der Waals surface area contributed by atoms with Crippen molar-refractivity contribution in [3.8, 4) is 0 Å². The zero-order chi connectivity index (χ0) is 41.9. The molecule has 6 rings (SSSR count). The Labute approximate surface area is 337 Å². The molecule has 2 atom stereocenters. The molecule has 0 fully saturated rings. The lowest BCUT2D eigenvalue weighted by Crippen LogP contribution is -2.42. The smallest absolute Gasteiger partial charge is 0.334 e. The van der Waals surface area contributed by atoms with Crippen molar-refractivity contribution >= 4 is 62.8 Å². The van der Waals surface area contributed by atoms with Gasteiger partial charge in [-0.2, -0.15) is 0 Å². The van der Waals surface area contributed by atoms with Crippen molar-refractivity contribution in [1.82, 2.24) is 19.9 Å². The maximum atomic E-state index is 13.8. The summed E-state index contributed by atoms with van der Waals surface area (Å²) in [6, 6.07) is 7.68. The number of aryl methyl sites for hydroxylation is 2. The number of esters is 4. The summed E-state index contributed by atoms with van der Waals surface area (Å²) in [5.41, 5.74) is 10.1. The topological polar surface area (TPSA) is 183 Å². The number of aliphatic hydroxyl groups excluding tert-OH is 1. The molecule has 2 aromatic rings. The molecule has 0 amide bonds. The Morgan fingerprint density at radius 1 is 0.845 bits per heavy atom. The van der Waals surface area contributed by atoms with Gasteiger partial charge >= 0.3 is 23.9 Å². The highest BCUT2D eigenvalue weighted by atomic mass is 16.5. The van der Waals surface area contributed by atoms with E-state index in [1.807, 2.05) is 65.0 Å². The fourth-order valence-electron chi connectivity index (χ4n) is 8.11. The first kappa shape index (κ1) is 41.6. The molecule has 0 saturated heterocycles. The Hall–Kier alpha value is -6.08. The van der Waals surface area contributed by atoms with Gasteiger partial charge in [-0.1, -0.05) is 31.7 Å². The van der Waals surface area contributed by atoms with Crippen LogP contribution in [-0.2, 0) is 50.0 Å². The van der Waals surface area contributed by atoms with E-state index in [1.54, 1.807) is 12.2 Å². The van der Waals surface area contributed by atoms with Gasteiger partial charge in [0.15, 0.2) is 0 Å². The van der Waals surface area contributed by atoms with Crippen LogP contribution < -0.4 is 0 Å². The second kappa shape index (κ2) is 17.2. The molecule has 4 aliphatic rings. The molecule has 3 aliphatic heterocycles. The van der Waals surface area contributed by atoms with Gasteiger partial charge in [0.1, 0.15) is 12.5 Å². The maximum absolute atomic E-state index is 13.8. The molecule has 13 heteroatoms. The Morgan fingerprint density at radius 2 is 1.52 bits per heavy atom. The third-order valence-corrected chi connectivity index (χ3v) is 11.3. The van der Waals surface area contributed by atoms with Crippen LogP contribution in [0.25, 0.3) is 38.9 Å². The van der Waals surface area contributed by atoms with Gasteiger partial charge in [-0.15, -0.1) is 0 Å². The SMILES string of the molecule is C=CC1=C(C)c2cc3[nH]c(cc4nc(cc5[nH]c(cc1n2)c(C)c5CCC(=O)OCCC)C(CCC(=O)OCCO)=C4C)C1(C)C3=CC=C(C(=O)OC)C1C(=O)OC. The minimum atomic E-state index is -1.16. The number of nitrogens with zero attached hydrogens (tertiary/aromatic N) is 2. The lowest BCUT2D eigenvalue weighted by atomic mass is 9.64. The van der Waals surface area contributed by atoms with Crippen LogP contribution in [0.3, 0.4) is 0 Å². The number of allylic oxidation sites excluding steroid dienone is 8. The van der Waals surface area contributed by atoms with Crippen molar-refractivity contribution in [1.29, 1.82) is 0 Å². The third kappa shape index (κ3) is 7.66. The number of aliphatic hydroxyl groups is 1. The molecule has 0 radical (unpaired) electrons. The van der Waals surface area contributed by atoms with Crippen LogP contribution in [-0.4, -0.2) is 83.0 Å². The lowest BCUT2D eigenvalue weighted by molar-refractivity contribution is -0.149. The Kier molecular flexibility index (Phi) is 12.3. The molecule has 0 aromatic carbocycles. The average molecular weight is 791 g/mol. The molecular formula is C45H50N4O9. The summed E-state index contributed by atoms with van der Waals surface area (Å²) in [5, 5.41) is 9.23. The van der Waals surface area contributed by atoms with Gasteiger partial charge in [0.05, 0.1) is 61.2 Å². The monoisotopic (exact) mass is 790 g/mol. The van der Waals surface area contributed by atoms with E-state index in [9.17, 15) is 24.3 Å². The van der Waals surface area contributed by atoms with Gasteiger partial charge < -0.3 is 34.0 Å². The lowest BCUT2D eigenvalue weighted by Gasteiger charge is -2.36. The van der Waals surface area contributed by atoms with Gasteiger partial charge in [0, 0.05) is 40.8 Å². The van der Waals surface area contributed by atoms with Crippen molar-refractivity contribution in [3.05, 3.63) is 99.9 Å². The number of carbonyl (C=O) groups is 4. The molecule has 58 heavy (non-hydrogen) atoms. The van der Waals surface area contributed by atoms with Gasteiger partial charge in [-0.25, -0.2) is 14.8 Å². The predicted molar refractivity (Wildman–Crippen MR) is 220 cm³/mol. The number of methoxy groups -OCH3 is 2. The minimum absolute atomic E-state index is 0.0319. The number of hydrogen-bond donors (Lipinski definition) is 3. The summed E-state index contributed by atoms with van der Waals surface area (Å²) in [4.78, 5) is 69.8. The van der Waals surface area contributed by atoms with Crippen molar-refractivity contribution < 1.29 is 43.2 Å². The molecule has 304 valence electrons. The molecule has 3 N–H and O–H groups in total. The first-order chi connectivity index (χ1) is 27.8. The first-order valence-electron chi connectivity index (χ1n) is 19.4. The minimum Gasteiger partial charge on any atom is -0.469 e. The van der Waals surface area contributed by atoms with E-state index in [-0.39, 0.29) is 44.0 Å². The zero-order valence-corrected chi connectivity index (χ0v) is 34.1. The second-order valence-corrected chi connectivity index (χ2v) is 14.7. The summed E-state index contributed by atoms with van der Waals surface area (Å²) in [7, 11) is 2.55. The molecule has 8 bridgehead atoms. The van der Waals surface area contributed by atoms with Crippen LogP contribution in [0, 0.1) is 12.8 Å². The summed E-state index contributed by atoms with van der Waals surface area (Å²) in [6.45, 7) is 13.8. The van der Waals surface area contributed by atoms with Crippen molar-refractivity contribution in [2.45, 2.75) is 72.1 Å². The van der Waals surface area contributed by atoms with Gasteiger partial charge in [-0.3, -0.25) is 14.4 Å². The highest BCUT2D eigenvalue weighted by Gasteiger charge is 2.53. The maximum Gasteiger partial charge on any atom is 0.334 e. The molecule has 1 aliphatic carbocycles. The highest BCUT2D eigenvalue weighted by molar-refractivity contribution is 6.02. The quantitative estimate of drug-likeness (QED) is 0.143. The Balaban J connectivity index is 1.69. The zero-order valence-electron chi connectivity index (χ0n) is 34.1. The molecule has 2 aromatic heterocycles. The van der Waals surface area contributed by atoms with Crippen LogP contribution in [0.15, 0.2) is 54.6 Å². The predicted octanol–water partition coefficient (Wildman–Crippen LogP) is 6.84. The van der Waals surface area contributed by atoms with Crippen LogP contribution in [0.5, 0.6) is 0 Å². The number of carbonyl (C=O) groups excluding carboxylic acids is 4. The fraction of sp³-hybridized carbons (Fsp3) is 0.378. The van der Waals surface area contributed by atoms with Crippen molar-refractivity contribution in [2.24, 2.45) is 5.92 Å². The summed E-state index contributed by atoms with van der Waals surface area (Å²) < 4.78 is 21.1. The van der Waals surface area contributed by atoms with E-state index in [0.29, 0.717) is 47.2 Å². The average Bonchev–Trinajstić information content (AvgIpc) is 3.87. The molecule has 5 heterocycles. The Bertz CT molecular complexity index is 2410. The largest absolute Gasteiger partial charge is 0.469 e. The van der Waals surface area contributed by atoms with Crippen LogP contribution in [0.2, 0.25) is 0 Å². The summed E-state index contributed by atoms with van der Waals surface area (Å²) >= 11 is 0. The Morgan fingerprint density at radius 3 is 2.19 bits per heavy atom. The van der Waals surface area contributed by atoms with E-state index < -0.39 is 29.2 Å². The van der Waals surface area contributed by atoms with E-state index in [4.69, 9.17) is 28.9 Å². The van der Waals surface area contributed by atoms with E-state index in [1.165, 1.54) is 14.2 Å². The second-order valence-electron chi connectivity index (χ2n) is 14.7.